The summed E-state index contributed by atoms with van der Waals surface area (Å²) in [5.74, 6) is 0. The Morgan fingerprint density at radius 1 is 1.12 bits per heavy atom. The number of hydrogen-bond acceptors (Lipinski definition) is 2. The van der Waals surface area contributed by atoms with Crippen molar-refractivity contribution in [2.45, 2.75) is 32.0 Å². The second-order valence-corrected chi connectivity index (χ2v) is 6.27. The summed E-state index contributed by atoms with van der Waals surface area (Å²) >= 11 is 0. The second kappa shape index (κ2) is 7.85. The van der Waals surface area contributed by atoms with E-state index in [2.05, 4.69) is 15.6 Å². The third-order valence-corrected chi connectivity index (χ3v) is 4.16. The number of amides is 2. The van der Waals surface area contributed by atoms with E-state index in [1.807, 2.05) is 67.6 Å². The number of carbonyl (C=O) groups is 1. The van der Waals surface area contributed by atoms with Crippen molar-refractivity contribution in [3.8, 4) is 0 Å². The first-order valence-electron chi connectivity index (χ1n) is 8.46. The lowest BCUT2D eigenvalue weighted by Crippen LogP contribution is -2.41. The lowest BCUT2D eigenvalue weighted by molar-refractivity contribution is 0.154. The van der Waals surface area contributed by atoms with Crippen molar-refractivity contribution < 1.29 is 9.90 Å². The van der Waals surface area contributed by atoms with E-state index in [4.69, 9.17) is 0 Å². The van der Waals surface area contributed by atoms with Gasteiger partial charge in [-0.15, -0.1) is 0 Å². The molecule has 130 valence electrons. The molecule has 2 aromatic carbocycles. The minimum Gasteiger partial charge on any atom is -0.388 e. The van der Waals surface area contributed by atoms with Gasteiger partial charge in [0.1, 0.15) is 0 Å². The van der Waals surface area contributed by atoms with Crippen LogP contribution in [0.2, 0.25) is 0 Å². The van der Waals surface area contributed by atoms with E-state index < -0.39 is 6.10 Å². The number of aliphatic hydroxyl groups excluding tert-OH is 1. The largest absolute Gasteiger partial charge is 0.388 e. The minimum absolute atomic E-state index is 0.141. The summed E-state index contributed by atoms with van der Waals surface area (Å²) in [7, 11) is 0. The smallest absolute Gasteiger partial charge is 0.315 e. The first-order chi connectivity index (χ1) is 12.1. The minimum atomic E-state index is -0.592. The van der Waals surface area contributed by atoms with Gasteiger partial charge in [0.15, 0.2) is 0 Å². The van der Waals surface area contributed by atoms with E-state index in [0.717, 1.165) is 22.2 Å². The maximum absolute atomic E-state index is 12.0. The number of benzene rings is 2. The molecule has 25 heavy (non-hydrogen) atoms. The Labute approximate surface area is 147 Å². The van der Waals surface area contributed by atoms with E-state index in [0.29, 0.717) is 13.0 Å². The number of aromatic nitrogens is 1. The van der Waals surface area contributed by atoms with Crippen LogP contribution in [0.25, 0.3) is 10.9 Å². The fourth-order valence-electron chi connectivity index (χ4n) is 2.88. The molecule has 1 aromatic heterocycles. The monoisotopic (exact) mass is 337 g/mol. The molecule has 5 nitrogen and oxygen atoms in total. The van der Waals surface area contributed by atoms with Crippen molar-refractivity contribution >= 4 is 16.9 Å². The van der Waals surface area contributed by atoms with Gasteiger partial charge < -0.3 is 20.7 Å². The summed E-state index contributed by atoms with van der Waals surface area (Å²) in [6.07, 6.45) is -0.130. The number of nitrogens with one attached hydrogen (secondary N) is 3. The summed E-state index contributed by atoms with van der Waals surface area (Å²) in [5.41, 5.74) is 2.86. The van der Waals surface area contributed by atoms with E-state index in [1.54, 1.807) is 0 Å². The summed E-state index contributed by atoms with van der Waals surface area (Å²) < 4.78 is 0. The van der Waals surface area contributed by atoms with Gasteiger partial charge in [-0.1, -0.05) is 48.5 Å². The van der Waals surface area contributed by atoms with Crippen LogP contribution in [-0.4, -0.2) is 22.2 Å². The molecule has 0 saturated heterocycles. The quantitative estimate of drug-likeness (QED) is 0.556. The molecule has 0 aliphatic rings. The molecule has 0 bridgehead atoms. The number of carbonyl (C=O) groups excluding carboxylic acids is 1. The molecule has 2 amide bonds. The summed E-state index contributed by atoms with van der Waals surface area (Å²) in [6.45, 7) is 2.31. The number of fused-ring (bicyclic) bond motifs is 1. The predicted molar refractivity (Wildman–Crippen MR) is 99.2 cm³/mol. The zero-order valence-electron chi connectivity index (χ0n) is 14.2. The van der Waals surface area contributed by atoms with Gasteiger partial charge in [0.25, 0.3) is 0 Å². The lowest BCUT2D eigenvalue weighted by atomic mass is 10.0. The lowest BCUT2D eigenvalue weighted by Gasteiger charge is -2.18. The van der Waals surface area contributed by atoms with Crippen molar-refractivity contribution in [2.24, 2.45) is 0 Å². The topological polar surface area (TPSA) is 77.2 Å². The zero-order chi connectivity index (χ0) is 17.6. The van der Waals surface area contributed by atoms with Crippen LogP contribution in [0.3, 0.4) is 0 Å². The molecule has 0 saturated carbocycles. The van der Waals surface area contributed by atoms with Crippen LogP contribution in [0.15, 0.2) is 60.7 Å². The van der Waals surface area contributed by atoms with Gasteiger partial charge >= 0.3 is 6.03 Å². The number of aromatic amines is 1. The third-order valence-electron chi connectivity index (χ3n) is 4.16. The Bertz CT molecular complexity index is 796. The maximum Gasteiger partial charge on any atom is 0.315 e. The molecule has 2 unspecified atom stereocenters. The van der Waals surface area contributed by atoms with E-state index >= 15 is 0 Å². The molecule has 0 aliphatic carbocycles. The molecular formula is C20H23N3O2. The van der Waals surface area contributed by atoms with Crippen LogP contribution in [0.1, 0.15) is 30.7 Å². The van der Waals surface area contributed by atoms with Gasteiger partial charge in [-0.25, -0.2) is 4.79 Å². The van der Waals surface area contributed by atoms with Crippen molar-refractivity contribution in [3.63, 3.8) is 0 Å². The van der Waals surface area contributed by atoms with Gasteiger partial charge in [0.2, 0.25) is 0 Å². The molecular weight excluding hydrogens is 314 g/mol. The summed E-state index contributed by atoms with van der Waals surface area (Å²) in [4.78, 5) is 15.3. The fourth-order valence-corrected chi connectivity index (χ4v) is 2.88. The highest BCUT2D eigenvalue weighted by Crippen LogP contribution is 2.17. The standard InChI is InChI=1S/C20H23N3O2/c1-14(11-19(24)15-7-3-2-4-8-15)22-20(25)21-13-17-12-16-9-5-6-10-18(16)23-17/h2-10,12,14,19,23-24H,11,13H2,1H3,(H2,21,22,25). The van der Waals surface area contributed by atoms with Gasteiger partial charge in [-0.2, -0.15) is 0 Å². The Morgan fingerprint density at radius 3 is 2.60 bits per heavy atom. The Morgan fingerprint density at radius 2 is 1.84 bits per heavy atom. The van der Waals surface area contributed by atoms with Crippen LogP contribution in [0.5, 0.6) is 0 Å². The average molecular weight is 337 g/mol. The SMILES string of the molecule is CC(CC(O)c1ccccc1)NC(=O)NCc1cc2ccccc2[nH]1. The molecule has 0 fully saturated rings. The molecule has 1 heterocycles. The summed E-state index contributed by atoms with van der Waals surface area (Å²) in [5, 5.41) is 17.0. The molecule has 0 spiro atoms. The van der Waals surface area contributed by atoms with Gasteiger partial charge in [0, 0.05) is 17.3 Å². The number of hydrogen-bond donors (Lipinski definition) is 4. The Balaban J connectivity index is 1.47. The Hall–Kier alpha value is -2.79. The first-order valence-corrected chi connectivity index (χ1v) is 8.46. The first kappa shape index (κ1) is 17.0. The molecule has 3 rings (SSSR count). The van der Waals surface area contributed by atoms with E-state index in [-0.39, 0.29) is 12.1 Å². The average Bonchev–Trinajstić information content (AvgIpc) is 3.03. The fraction of sp³-hybridized carbons (Fsp3) is 0.250. The number of rotatable bonds is 6. The Kier molecular flexibility index (Phi) is 5.36. The van der Waals surface area contributed by atoms with Crippen LogP contribution in [-0.2, 0) is 6.54 Å². The molecule has 0 aliphatic heterocycles. The molecule has 5 heteroatoms. The molecule has 0 radical (unpaired) electrons. The van der Waals surface area contributed by atoms with Crippen LogP contribution in [0, 0.1) is 0 Å². The number of para-hydroxylation sites is 1. The van der Waals surface area contributed by atoms with Gasteiger partial charge in [-0.05, 0) is 36.4 Å². The number of H-pyrrole nitrogens is 1. The second-order valence-electron chi connectivity index (χ2n) is 6.27. The van der Waals surface area contributed by atoms with Gasteiger partial charge in [-0.3, -0.25) is 0 Å². The van der Waals surface area contributed by atoms with Crippen LogP contribution >= 0.6 is 0 Å². The van der Waals surface area contributed by atoms with Crippen LogP contribution in [0.4, 0.5) is 4.79 Å². The highest BCUT2D eigenvalue weighted by atomic mass is 16.3. The molecule has 2 atom stereocenters. The normalized spacial score (nSPS) is 13.4. The number of urea groups is 1. The van der Waals surface area contributed by atoms with Gasteiger partial charge in [0.05, 0.1) is 12.6 Å². The zero-order valence-corrected chi connectivity index (χ0v) is 14.2. The van der Waals surface area contributed by atoms with E-state index in [1.165, 1.54) is 0 Å². The predicted octanol–water partition coefficient (Wildman–Crippen LogP) is 3.48. The highest BCUT2D eigenvalue weighted by Gasteiger charge is 2.14. The van der Waals surface area contributed by atoms with Crippen molar-refractivity contribution in [2.75, 3.05) is 0 Å². The van der Waals surface area contributed by atoms with Crippen LogP contribution < -0.4 is 10.6 Å². The van der Waals surface area contributed by atoms with Crippen molar-refractivity contribution in [3.05, 3.63) is 71.9 Å². The van der Waals surface area contributed by atoms with Crippen molar-refractivity contribution in [1.29, 1.82) is 0 Å². The maximum atomic E-state index is 12.0. The van der Waals surface area contributed by atoms with E-state index in [9.17, 15) is 9.90 Å². The molecule has 3 aromatic rings. The number of aliphatic hydroxyl groups is 1. The van der Waals surface area contributed by atoms with Crippen molar-refractivity contribution in [1.82, 2.24) is 15.6 Å². The summed E-state index contributed by atoms with van der Waals surface area (Å²) in [6, 6.07) is 19.1. The molecule has 4 N–H and O–H groups in total. The third kappa shape index (κ3) is 4.61. The highest BCUT2D eigenvalue weighted by molar-refractivity contribution is 5.80.